The molecule has 3 aliphatic rings. The number of nitrogens with zero attached hydrogens (tertiary/aromatic N) is 6. The van der Waals surface area contributed by atoms with E-state index in [1.165, 1.54) is 33.4 Å². The predicted molar refractivity (Wildman–Crippen MR) is 181 cm³/mol. The number of benzene rings is 1. The molecule has 5 atom stereocenters. The second-order valence-electron chi connectivity index (χ2n) is 12.8. The van der Waals surface area contributed by atoms with Gasteiger partial charge in [0.15, 0.2) is 0 Å². The lowest BCUT2D eigenvalue weighted by Crippen LogP contribution is -2.56. The highest BCUT2D eigenvalue weighted by atomic mass is 32.1. The highest BCUT2D eigenvalue weighted by Gasteiger charge is 2.61. The molecule has 1 saturated carbocycles. The van der Waals surface area contributed by atoms with E-state index in [-0.39, 0.29) is 30.9 Å². The number of aromatic amines is 1. The Kier molecular flexibility index (Phi) is 9.18. The molecule has 15 nitrogen and oxygen atoms in total. The Morgan fingerprint density at radius 3 is 2.66 bits per heavy atom. The number of aliphatic carboxylic acids is 1. The van der Waals surface area contributed by atoms with Crippen LogP contribution in [0.2, 0.25) is 0 Å². The maximum atomic E-state index is 14.4. The summed E-state index contributed by atoms with van der Waals surface area (Å²) in [6.07, 6.45) is 12.1. The maximum absolute atomic E-state index is 14.4. The number of nitrogens with one attached hydrogen (secondary N) is 3. The normalized spacial score (nSPS) is 26.1. The van der Waals surface area contributed by atoms with Crippen LogP contribution in [0, 0.1) is 5.92 Å². The van der Waals surface area contributed by atoms with Crippen molar-refractivity contribution in [3.05, 3.63) is 66.0 Å². The summed E-state index contributed by atoms with van der Waals surface area (Å²) in [7, 11) is 1.59. The van der Waals surface area contributed by atoms with Gasteiger partial charge in [0.1, 0.15) is 39.8 Å². The zero-order valence-corrected chi connectivity index (χ0v) is 28.1. The fraction of sp³-hybridized carbons (Fsp3) is 0.412. The number of carboxylic acids is 1. The molecule has 5 heterocycles. The van der Waals surface area contributed by atoms with Crippen LogP contribution in [0.5, 0.6) is 5.75 Å². The second-order valence-corrected chi connectivity index (χ2v) is 13.7. The highest BCUT2D eigenvalue weighted by molar-refractivity contribution is 7.13. The lowest BCUT2D eigenvalue weighted by atomic mass is 10.0. The van der Waals surface area contributed by atoms with Crippen molar-refractivity contribution >= 4 is 35.0 Å². The Labute approximate surface area is 291 Å². The topological polar surface area (TPSA) is 197 Å². The van der Waals surface area contributed by atoms with Crippen LogP contribution >= 0.6 is 11.3 Å². The number of carbonyl (C=O) groups excluding carboxylic acids is 3. The van der Waals surface area contributed by atoms with Gasteiger partial charge >= 0.3 is 5.97 Å². The zero-order chi connectivity index (χ0) is 34.8. The third-order valence-electron chi connectivity index (χ3n) is 9.66. The van der Waals surface area contributed by atoms with Crippen molar-refractivity contribution in [2.45, 2.75) is 68.6 Å². The number of carbonyl (C=O) groups is 4. The van der Waals surface area contributed by atoms with Crippen molar-refractivity contribution in [1.29, 1.82) is 0 Å². The molecule has 3 amide bonds. The Bertz CT molecular complexity index is 1890. The minimum atomic E-state index is -1.45. The molecular weight excluding hydrogens is 662 g/mol. The van der Waals surface area contributed by atoms with E-state index in [1.807, 2.05) is 41.8 Å². The molecule has 2 aliphatic heterocycles. The summed E-state index contributed by atoms with van der Waals surface area (Å²) in [4.78, 5) is 61.6. The van der Waals surface area contributed by atoms with Gasteiger partial charge in [-0.3, -0.25) is 19.5 Å². The first-order valence-corrected chi connectivity index (χ1v) is 17.5. The van der Waals surface area contributed by atoms with Crippen molar-refractivity contribution in [3.63, 3.8) is 0 Å². The molecule has 7 rings (SSSR count). The number of fused-ring (bicyclic) bond motifs is 2. The molecule has 16 heteroatoms. The largest absolute Gasteiger partial charge is 0.497 e. The standard InChI is InChI=1S/C34H37N9O6S/c1-49-24-11-9-20(10-12-24)27-28(31-35-13-14-50-31)41-43(40-27)23-15-26-30(45)39-34(33(47)48)16-22(34)7-5-3-2-4-6-8-25(32(46)42(26)19-23)38-29(44)21-17-36-37-18-21/h5,7,9-14,17-18,22-23,25-26H,2-4,6,8,15-16,19H2,1H3,(H,36,37)(H,38,44)(H,39,45)(H,47,48)/b7-5-/t22?,23-,25?,26?,34?/m1/s1. The number of hydrogen-bond donors (Lipinski definition) is 4. The number of thiazole rings is 1. The first kappa shape index (κ1) is 33.1. The van der Waals surface area contributed by atoms with E-state index in [4.69, 9.17) is 14.9 Å². The Morgan fingerprint density at radius 1 is 1.12 bits per heavy atom. The van der Waals surface area contributed by atoms with Crippen LogP contribution in [0.25, 0.3) is 22.0 Å². The molecule has 1 aromatic carbocycles. The predicted octanol–water partition coefficient (Wildman–Crippen LogP) is 3.22. The summed E-state index contributed by atoms with van der Waals surface area (Å²) < 4.78 is 5.33. The third-order valence-corrected chi connectivity index (χ3v) is 10.4. The lowest BCUT2D eigenvalue weighted by Gasteiger charge is -2.29. The van der Waals surface area contributed by atoms with E-state index in [1.54, 1.807) is 13.3 Å². The van der Waals surface area contributed by atoms with E-state index in [0.29, 0.717) is 35.0 Å². The minimum Gasteiger partial charge on any atom is -0.497 e. The molecule has 1 aliphatic carbocycles. The quantitative estimate of drug-likeness (QED) is 0.208. The molecule has 4 unspecified atom stereocenters. The Balaban J connectivity index is 1.24. The second kappa shape index (κ2) is 13.9. The molecule has 3 aromatic heterocycles. The minimum absolute atomic E-state index is 0.0619. The van der Waals surface area contributed by atoms with Crippen LogP contribution in [0.4, 0.5) is 0 Å². The van der Waals surface area contributed by atoms with E-state index < -0.39 is 47.4 Å². The van der Waals surface area contributed by atoms with Crippen LogP contribution < -0.4 is 15.4 Å². The summed E-state index contributed by atoms with van der Waals surface area (Å²) in [5, 5.41) is 34.6. The van der Waals surface area contributed by atoms with Gasteiger partial charge < -0.3 is 25.4 Å². The maximum Gasteiger partial charge on any atom is 0.330 e. The molecule has 260 valence electrons. The summed E-state index contributed by atoms with van der Waals surface area (Å²) in [5.41, 5.74) is 0.733. The average Bonchev–Trinajstić information content (AvgIpc) is 3.77. The number of hydrogen-bond acceptors (Lipinski definition) is 10. The molecular formula is C34H37N9O6S. The van der Waals surface area contributed by atoms with Gasteiger partial charge in [0.2, 0.25) is 11.8 Å². The first-order valence-electron chi connectivity index (χ1n) is 16.6. The summed E-state index contributed by atoms with van der Waals surface area (Å²) in [5.74, 6) is -2.25. The van der Waals surface area contributed by atoms with Crippen LogP contribution in [0.3, 0.4) is 0 Å². The Morgan fingerprint density at radius 2 is 1.94 bits per heavy atom. The number of allylic oxidation sites excluding steroid dienone is 1. The van der Waals surface area contributed by atoms with Crippen LogP contribution in [0.1, 0.15) is 61.3 Å². The first-order chi connectivity index (χ1) is 24.3. The number of methoxy groups -OCH3 is 1. The summed E-state index contributed by atoms with van der Waals surface area (Å²) in [6.45, 7) is 0.0619. The van der Waals surface area contributed by atoms with Gasteiger partial charge in [0, 0.05) is 42.2 Å². The van der Waals surface area contributed by atoms with E-state index in [9.17, 15) is 24.3 Å². The van der Waals surface area contributed by atoms with Crippen molar-refractivity contribution in [1.82, 2.24) is 45.7 Å². The molecule has 0 radical (unpaired) electrons. The molecule has 50 heavy (non-hydrogen) atoms. The van der Waals surface area contributed by atoms with Gasteiger partial charge in [-0.05, 0) is 49.9 Å². The van der Waals surface area contributed by atoms with Gasteiger partial charge in [0.05, 0.1) is 24.9 Å². The van der Waals surface area contributed by atoms with Gasteiger partial charge in [-0.25, -0.2) is 9.78 Å². The fourth-order valence-corrected chi connectivity index (χ4v) is 7.40. The van der Waals surface area contributed by atoms with Crippen LogP contribution in [-0.4, -0.2) is 95.1 Å². The van der Waals surface area contributed by atoms with Gasteiger partial charge in [-0.2, -0.15) is 15.0 Å². The van der Waals surface area contributed by atoms with E-state index in [0.717, 1.165) is 24.8 Å². The molecule has 1 saturated heterocycles. The van der Waals surface area contributed by atoms with Crippen molar-refractivity contribution in [2.24, 2.45) is 5.92 Å². The molecule has 2 fully saturated rings. The fourth-order valence-electron chi connectivity index (χ4n) is 6.77. The summed E-state index contributed by atoms with van der Waals surface area (Å²) in [6, 6.07) is 4.89. The van der Waals surface area contributed by atoms with Crippen molar-refractivity contribution in [2.75, 3.05) is 13.7 Å². The Hall–Kier alpha value is -5.38. The number of ether oxygens (including phenoxy) is 1. The number of H-pyrrole nitrogens is 1. The van der Waals surface area contributed by atoms with Crippen molar-refractivity contribution in [3.8, 4) is 27.7 Å². The molecule has 0 bridgehead atoms. The van der Waals surface area contributed by atoms with Gasteiger partial charge in [0.25, 0.3) is 5.91 Å². The average molecular weight is 700 g/mol. The van der Waals surface area contributed by atoms with Gasteiger partial charge in [-0.15, -0.1) is 16.4 Å². The molecule has 0 spiro atoms. The number of amides is 3. The van der Waals surface area contributed by atoms with Crippen LogP contribution in [0.15, 0.2) is 60.4 Å². The number of aromatic nitrogens is 6. The monoisotopic (exact) mass is 699 g/mol. The highest BCUT2D eigenvalue weighted by Crippen LogP contribution is 2.45. The lowest BCUT2D eigenvalue weighted by molar-refractivity contribution is -0.145. The van der Waals surface area contributed by atoms with Crippen molar-refractivity contribution < 1.29 is 29.0 Å². The SMILES string of the molecule is COc1ccc(-c2nn([C@@H]3CC4C(=O)NC5(C(=O)O)CC5/C=C\CCCCCC(NC(=O)c5cn[nH]c5)C(=O)N4C3)nc2-c2nccs2)cc1. The van der Waals surface area contributed by atoms with E-state index in [2.05, 4.69) is 25.8 Å². The zero-order valence-electron chi connectivity index (χ0n) is 27.3. The third kappa shape index (κ3) is 6.49. The molecule has 4 N–H and O–H groups in total. The summed E-state index contributed by atoms with van der Waals surface area (Å²) >= 11 is 1.41. The van der Waals surface area contributed by atoms with Crippen LogP contribution in [-0.2, 0) is 14.4 Å². The van der Waals surface area contributed by atoms with Gasteiger partial charge in [-0.1, -0.05) is 25.0 Å². The van der Waals surface area contributed by atoms with E-state index >= 15 is 0 Å². The number of carboxylic acid groups (broad SMARTS) is 1. The molecule has 4 aromatic rings. The smallest absolute Gasteiger partial charge is 0.330 e. The number of rotatable bonds is 7.